The van der Waals surface area contributed by atoms with Crippen molar-refractivity contribution >= 4 is 51.1 Å². The molecular formula is C27H21BrCl2N2O6. The molecular weight excluding hydrogens is 599 g/mol. The molecule has 0 N–H and O–H groups in total. The van der Waals surface area contributed by atoms with Crippen LogP contribution in [0.4, 0.5) is 0 Å². The Morgan fingerprint density at radius 2 is 1.66 bits per heavy atom. The summed E-state index contributed by atoms with van der Waals surface area (Å²) in [5.41, 5.74) is 1.80. The van der Waals surface area contributed by atoms with Gasteiger partial charge >= 0.3 is 11.9 Å². The Balaban J connectivity index is 1.84. The van der Waals surface area contributed by atoms with Crippen molar-refractivity contribution in [2.45, 2.75) is 6.61 Å². The first-order valence-corrected chi connectivity index (χ1v) is 12.6. The number of carbonyl (C=O) groups excluding carboxylic acids is 2. The van der Waals surface area contributed by atoms with Crippen LogP contribution in [-0.2, 0) is 16.1 Å². The number of benzene rings is 3. The highest BCUT2D eigenvalue weighted by Crippen LogP contribution is 2.41. The topological polar surface area (TPSA) is 88.9 Å². The lowest BCUT2D eigenvalue weighted by atomic mass is 10.0. The molecule has 0 spiro atoms. The van der Waals surface area contributed by atoms with E-state index in [1.54, 1.807) is 54.6 Å². The van der Waals surface area contributed by atoms with Crippen LogP contribution in [0.2, 0.25) is 10.0 Å². The molecule has 0 saturated carbocycles. The van der Waals surface area contributed by atoms with Crippen molar-refractivity contribution in [1.29, 1.82) is 0 Å². The van der Waals surface area contributed by atoms with E-state index in [2.05, 4.69) is 21.0 Å². The number of aromatic nitrogens is 2. The fourth-order valence-corrected chi connectivity index (χ4v) is 4.76. The van der Waals surface area contributed by atoms with Gasteiger partial charge in [0.2, 0.25) is 0 Å². The molecule has 0 saturated heterocycles. The van der Waals surface area contributed by atoms with Gasteiger partial charge in [0.05, 0.1) is 31.5 Å². The maximum atomic E-state index is 12.9. The first kappa shape index (κ1) is 27.5. The summed E-state index contributed by atoms with van der Waals surface area (Å²) < 4.78 is 23.5. The SMILES string of the molecule is COC(=O)c1c(-c2cc(Br)c(OCc3ccc(Cl)cc3Cl)c(OC)c2)nn(-c2ccccc2)c1C(=O)OC. The van der Waals surface area contributed by atoms with E-state index in [1.807, 2.05) is 6.07 Å². The lowest BCUT2D eigenvalue weighted by molar-refractivity contribution is 0.0549. The first-order chi connectivity index (χ1) is 18.3. The maximum Gasteiger partial charge on any atom is 0.357 e. The maximum absolute atomic E-state index is 12.9. The molecule has 0 amide bonds. The Hall–Kier alpha value is -3.53. The van der Waals surface area contributed by atoms with E-state index in [0.717, 1.165) is 5.56 Å². The van der Waals surface area contributed by atoms with Gasteiger partial charge in [-0.05, 0) is 52.3 Å². The number of halogens is 3. The number of para-hydroxylation sites is 1. The van der Waals surface area contributed by atoms with Crippen LogP contribution < -0.4 is 9.47 Å². The summed E-state index contributed by atoms with van der Waals surface area (Å²) in [4.78, 5) is 25.8. The third-order valence-electron chi connectivity index (χ3n) is 5.54. The van der Waals surface area contributed by atoms with Crippen molar-refractivity contribution in [2.24, 2.45) is 0 Å². The average Bonchev–Trinajstić information content (AvgIpc) is 3.33. The van der Waals surface area contributed by atoms with Gasteiger partial charge in [-0.25, -0.2) is 14.3 Å². The van der Waals surface area contributed by atoms with Crippen LogP contribution in [-0.4, -0.2) is 43.0 Å². The molecule has 0 radical (unpaired) electrons. The van der Waals surface area contributed by atoms with Crippen molar-refractivity contribution in [3.05, 3.63) is 92.0 Å². The summed E-state index contributed by atoms with van der Waals surface area (Å²) in [5, 5.41) is 5.60. The number of ether oxygens (including phenoxy) is 4. The molecule has 1 aromatic heterocycles. The van der Waals surface area contributed by atoms with Gasteiger partial charge in [0.25, 0.3) is 0 Å². The zero-order chi connectivity index (χ0) is 27.4. The molecule has 0 unspecified atom stereocenters. The van der Waals surface area contributed by atoms with Gasteiger partial charge in [-0.1, -0.05) is 47.5 Å². The van der Waals surface area contributed by atoms with E-state index in [0.29, 0.717) is 37.3 Å². The van der Waals surface area contributed by atoms with Crippen molar-refractivity contribution in [3.63, 3.8) is 0 Å². The lowest BCUT2D eigenvalue weighted by Gasteiger charge is -2.15. The predicted molar refractivity (Wildman–Crippen MR) is 147 cm³/mol. The Morgan fingerprint density at radius 1 is 0.947 bits per heavy atom. The van der Waals surface area contributed by atoms with Crippen molar-refractivity contribution in [1.82, 2.24) is 9.78 Å². The summed E-state index contributed by atoms with van der Waals surface area (Å²) in [5.74, 6) is -0.754. The Bertz CT molecular complexity index is 1510. The van der Waals surface area contributed by atoms with E-state index in [1.165, 1.54) is 26.0 Å². The molecule has 8 nitrogen and oxygen atoms in total. The molecule has 4 aromatic rings. The van der Waals surface area contributed by atoms with E-state index in [9.17, 15) is 9.59 Å². The summed E-state index contributed by atoms with van der Waals surface area (Å²) in [6, 6.07) is 17.4. The highest BCUT2D eigenvalue weighted by Gasteiger charge is 2.32. The average molecular weight is 620 g/mol. The normalized spacial score (nSPS) is 10.7. The summed E-state index contributed by atoms with van der Waals surface area (Å²) in [7, 11) is 3.93. The quantitative estimate of drug-likeness (QED) is 0.201. The summed E-state index contributed by atoms with van der Waals surface area (Å²) >= 11 is 15.8. The molecule has 11 heteroatoms. The monoisotopic (exact) mass is 618 g/mol. The second-order valence-corrected chi connectivity index (χ2v) is 9.51. The minimum Gasteiger partial charge on any atom is -0.493 e. The van der Waals surface area contributed by atoms with Crippen molar-refractivity contribution in [3.8, 4) is 28.4 Å². The Kier molecular flexibility index (Phi) is 8.61. The molecule has 38 heavy (non-hydrogen) atoms. The number of esters is 2. The first-order valence-electron chi connectivity index (χ1n) is 11.1. The van der Waals surface area contributed by atoms with Gasteiger partial charge in [-0.2, -0.15) is 5.10 Å². The van der Waals surface area contributed by atoms with E-state index < -0.39 is 11.9 Å². The second kappa shape index (κ2) is 11.9. The van der Waals surface area contributed by atoms with Crippen LogP contribution in [0.5, 0.6) is 11.5 Å². The van der Waals surface area contributed by atoms with E-state index >= 15 is 0 Å². The van der Waals surface area contributed by atoms with Crippen LogP contribution >= 0.6 is 39.1 Å². The number of methoxy groups -OCH3 is 3. The lowest BCUT2D eigenvalue weighted by Crippen LogP contribution is -2.15. The molecule has 0 aliphatic carbocycles. The van der Waals surface area contributed by atoms with Crippen molar-refractivity contribution < 1.29 is 28.5 Å². The van der Waals surface area contributed by atoms with Crippen LogP contribution in [0, 0.1) is 0 Å². The van der Waals surface area contributed by atoms with Crippen LogP contribution in [0.1, 0.15) is 26.4 Å². The largest absolute Gasteiger partial charge is 0.493 e. The van der Waals surface area contributed by atoms with Gasteiger partial charge in [0.1, 0.15) is 17.9 Å². The van der Waals surface area contributed by atoms with E-state index in [-0.39, 0.29) is 23.6 Å². The third kappa shape index (κ3) is 5.50. The van der Waals surface area contributed by atoms with Gasteiger partial charge in [0, 0.05) is 21.2 Å². The Morgan fingerprint density at radius 3 is 2.29 bits per heavy atom. The Labute approximate surface area is 237 Å². The van der Waals surface area contributed by atoms with Gasteiger partial charge < -0.3 is 18.9 Å². The predicted octanol–water partition coefficient (Wildman–Crippen LogP) is 6.77. The van der Waals surface area contributed by atoms with Gasteiger partial charge in [-0.3, -0.25) is 0 Å². The zero-order valence-electron chi connectivity index (χ0n) is 20.5. The van der Waals surface area contributed by atoms with Crippen molar-refractivity contribution in [2.75, 3.05) is 21.3 Å². The highest BCUT2D eigenvalue weighted by molar-refractivity contribution is 9.10. The van der Waals surface area contributed by atoms with E-state index in [4.69, 9.17) is 42.1 Å². The minimum absolute atomic E-state index is 0.0567. The molecule has 196 valence electrons. The molecule has 4 rings (SSSR count). The van der Waals surface area contributed by atoms with Crippen LogP contribution in [0.15, 0.2) is 65.1 Å². The molecule has 0 atom stereocenters. The number of hydrogen-bond donors (Lipinski definition) is 0. The fraction of sp³-hybridized carbons (Fsp3) is 0.148. The molecule has 0 fully saturated rings. The molecule has 0 aliphatic heterocycles. The van der Waals surface area contributed by atoms with Crippen LogP contribution in [0.3, 0.4) is 0 Å². The second-order valence-electron chi connectivity index (χ2n) is 7.82. The highest BCUT2D eigenvalue weighted by atomic mass is 79.9. The molecule has 0 bridgehead atoms. The third-order valence-corrected chi connectivity index (χ3v) is 6.72. The zero-order valence-corrected chi connectivity index (χ0v) is 23.6. The van der Waals surface area contributed by atoms with Gasteiger partial charge in [-0.15, -0.1) is 0 Å². The number of rotatable bonds is 8. The van der Waals surface area contributed by atoms with Gasteiger partial charge in [0.15, 0.2) is 17.2 Å². The molecule has 0 aliphatic rings. The number of carbonyl (C=O) groups is 2. The number of hydrogen-bond acceptors (Lipinski definition) is 7. The smallest absolute Gasteiger partial charge is 0.357 e. The van der Waals surface area contributed by atoms with Crippen LogP contribution in [0.25, 0.3) is 16.9 Å². The molecule has 1 heterocycles. The summed E-state index contributed by atoms with van der Waals surface area (Å²) in [6.45, 7) is 0.146. The number of nitrogens with zero attached hydrogens (tertiary/aromatic N) is 2. The standard InChI is InChI=1S/C27H21BrCl2N2O6/c1-35-21-12-16(11-19(28)25(21)38-14-15-9-10-17(29)13-20(15)30)23-22(26(33)36-2)24(27(34)37-3)32(31-23)18-7-5-4-6-8-18/h4-13H,14H2,1-3H3. The molecule has 3 aromatic carbocycles. The fourth-order valence-electron chi connectivity index (χ4n) is 3.74. The summed E-state index contributed by atoms with van der Waals surface area (Å²) in [6.07, 6.45) is 0. The minimum atomic E-state index is -0.754.